The highest BCUT2D eigenvalue weighted by molar-refractivity contribution is 9.10. The van der Waals surface area contributed by atoms with Crippen LogP contribution in [0.2, 0.25) is 0 Å². The van der Waals surface area contributed by atoms with Gasteiger partial charge in [0.1, 0.15) is 0 Å². The van der Waals surface area contributed by atoms with Crippen molar-refractivity contribution < 1.29 is 4.74 Å². The summed E-state index contributed by atoms with van der Waals surface area (Å²) < 4.78 is 6.73. The monoisotopic (exact) mass is 324 g/mol. The lowest BCUT2D eigenvalue weighted by molar-refractivity contribution is 0.194. The van der Waals surface area contributed by atoms with Crippen LogP contribution in [0, 0.1) is 0 Å². The molecule has 2 heterocycles. The third-order valence-corrected chi connectivity index (χ3v) is 4.74. The van der Waals surface area contributed by atoms with E-state index >= 15 is 0 Å². The fraction of sp³-hybridized carbons (Fsp3) is 0.600. The number of hydrogen-bond acceptors (Lipinski definition) is 3. The van der Waals surface area contributed by atoms with Gasteiger partial charge in [0.2, 0.25) is 0 Å². The van der Waals surface area contributed by atoms with E-state index < -0.39 is 0 Å². The van der Waals surface area contributed by atoms with Crippen molar-refractivity contribution in [3.05, 3.63) is 33.8 Å². The molecule has 1 unspecified atom stereocenters. The first-order valence-electron chi connectivity index (χ1n) is 7.12. The Morgan fingerprint density at radius 1 is 1.32 bits per heavy atom. The third kappa shape index (κ3) is 3.37. The van der Waals surface area contributed by atoms with Gasteiger partial charge in [-0.25, -0.2) is 0 Å². The van der Waals surface area contributed by atoms with E-state index in [4.69, 9.17) is 4.74 Å². The van der Waals surface area contributed by atoms with Crippen LogP contribution in [0.25, 0.3) is 0 Å². The maximum atomic E-state index is 5.48. The van der Waals surface area contributed by atoms with E-state index in [0.717, 1.165) is 52.4 Å². The SMILES string of the molecule is Brc1cc(CN2CCNCC2)ccc1C1CCOC1. The van der Waals surface area contributed by atoms with Crippen molar-refractivity contribution in [2.45, 2.75) is 18.9 Å². The van der Waals surface area contributed by atoms with Gasteiger partial charge in [-0.2, -0.15) is 0 Å². The zero-order valence-electron chi connectivity index (χ0n) is 11.2. The van der Waals surface area contributed by atoms with Gasteiger partial charge in [0.05, 0.1) is 6.61 Å². The van der Waals surface area contributed by atoms with Crippen molar-refractivity contribution in [2.75, 3.05) is 39.4 Å². The second-order valence-corrected chi connectivity index (χ2v) is 6.30. The molecule has 4 heteroatoms. The summed E-state index contributed by atoms with van der Waals surface area (Å²) in [5.74, 6) is 0.572. The number of hydrogen-bond donors (Lipinski definition) is 1. The van der Waals surface area contributed by atoms with Gasteiger partial charge in [-0.05, 0) is 23.6 Å². The summed E-state index contributed by atoms with van der Waals surface area (Å²) in [4.78, 5) is 2.51. The molecule has 3 rings (SSSR count). The molecule has 0 aliphatic carbocycles. The van der Waals surface area contributed by atoms with Gasteiger partial charge >= 0.3 is 0 Å². The number of ether oxygens (including phenoxy) is 1. The minimum atomic E-state index is 0.572. The number of halogens is 1. The molecule has 2 saturated heterocycles. The Morgan fingerprint density at radius 2 is 2.16 bits per heavy atom. The van der Waals surface area contributed by atoms with Crippen molar-refractivity contribution in [2.24, 2.45) is 0 Å². The largest absolute Gasteiger partial charge is 0.381 e. The van der Waals surface area contributed by atoms with E-state index in [-0.39, 0.29) is 0 Å². The Morgan fingerprint density at radius 3 is 2.84 bits per heavy atom. The number of nitrogens with zero attached hydrogens (tertiary/aromatic N) is 1. The predicted octanol–water partition coefficient (Wildman–Crippen LogP) is 2.36. The molecule has 0 saturated carbocycles. The molecule has 3 nitrogen and oxygen atoms in total. The molecule has 19 heavy (non-hydrogen) atoms. The standard InChI is InChI=1S/C15H21BrN2O/c16-15-9-12(10-18-6-4-17-5-7-18)1-2-14(15)13-3-8-19-11-13/h1-2,9,13,17H,3-8,10-11H2. The van der Waals surface area contributed by atoms with Crippen molar-refractivity contribution >= 4 is 15.9 Å². The molecular formula is C15H21BrN2O. The Balaban J connectivity index is 1.67. The number of benzene rings is 1. The van der Waals surface area contributed by atoms with Crippen molar-refractivity contribution in [3.63, 3.8) is 0 Å². The molecular weight excluding hydrogens is 304 g/mol. The minimum Gasteiger partial charge on any atom is -0.381 e. The van der Waals surface area contributed by atoms with Crippen molar-refractivity contribution in [1.29, 1.82) is 0 Å². The van der Waals surface area contributed by atoms with Crippen LogP contribution in [0.1, 0.15) is 23.5 Å². The summed E-state index contributed by atoms with van der Waals surface area (Å²) in [6, 6.07) is 6.84. The van der Waals surface area contributed by atoms with Gasteiger partial charge < -0.3 is 10.1 Å². The van der Waals surface area contributed by atoms with Gasteiger partial charge in [0.25, 0.3) is 0 Å². The van der Waals surface area contributed by atoms with E-state index in [1.807, 2.05) is 0 Å². The minimum absolute atomic E-state index is 0.572. The maximum absolute atomic E-state index is 5.48. The highest BCUT2D eigenvalue weighted by atomic mass is 79.9. The lowest BCUT2D eigenvalue weighted by Crippen LogP contribution is -2.42. The lowest BCUT2D eigenvalue weighted by Gasteiger charge is -2.27. The van der Waals surface area contributed by atoms with Crippen molar-refractivity contribution in [3.8, 4) is 0 Å². The second kappa shape index (κ2) is 6.35. The summed E-state index contributed by atoms with van der Waals surface area (Å²) in [6.07, 6.45) is 1.15. The Hall–Kier alpha value is -0.420. The molecule has 2 aliphatic heterocycles. The summed E-state index contributed by atoms with van der Waals surface area (Å²) in [7, 11) is 0. The van der Waals surface area contributed by atoms with E-state index in [2.05, 4.69) is 44.3 Å². The van der Waals surface area contributed by atoms with E-state index in [1.165, 1.54) is 15.6 Å². The molecule has 2 fully saturated rings. The van der Waals surface area contributed by atoms with Crippen LogP contribution < -0.4 is 5.32 Å². The van der Waals surface area contributed by atoms with Crippen LogP contribution in [0.5, 0.6) is 0 Å². The fourth-order valence-corrected chi connectivity index (χ4v) is 3.66. The number of rotatable bonds is 3. The number of nitrogens with one attached hydrogen (secondary N) is 1. The van der Waals surface area contributed by atoms with Gasteiger partial charge in [-0.3, -0.25) is 4.90 Å². The van der Waals surface area contributed by atoms with Gasteiger partial charge in [-0.1, -0.05) is 28.1 Å². The van der Waals surface area contributed by atoms with Crippen LogP contribution >= 0.6 is 15.9 Å². The molecule has 1 aromatic rings. The van der Waals surface area contributed by atoms with Crippen molar-refractivity contribution in [1.82, 2.24) is 10.2 Å². The number of piperazine rings is 1. The molecule has 104 valence electrons. The Kier molecular flexibility index (Phi) is 4.53. The van der Waals surface area contributed by atoms with E-state index in [1.54, 1.807) is 0 Å². The summed E-state index contributed by atoms with van der Waals surface area (Å²) >= 11 is 3.74. The first-order chi connectivity index (χ1) is 9.33. The second-order valence-electron chi connectivity index (χ2n) is 5.44. The Bertz CT molecular complexity index is 426. The summed E-state index contributed by atoms with van der Waals surface area (Å²) in [5, 5.41) is 3.39. The highest BCUT2D eigenvalue weighted by Crippen LogP contribution is 2.31. The topological polar surface area (TPSA) is 24.5 Å². The van der Waals surface area contributed by atoms with Gasteiger partial charge in [0.15, 0.2) is 0 Å². The summed E-state index contributed by atoms with van der Waals surface area (Å²) in [6.45, 7) is 7.35. The van der Waals surface area contributed by atoms with E-state index in [0.29, 0.717) is 5.92 Å². The molecule has 0 radical (unpaired) electrons. The molecule has 1 N–H and O–H groups in total. The normalized spacial score (nSPS) is 24.8. The molecule has 1 atom stereocenters. The molecule has 1 aromatic carbocycles. The third-order valence-electron chi connectivity index (χ3n) is 4.05. The van der Waals surface area contributed by atoms with Gasteiger partial charge in [0, 0.05) is 49.7 Å². The average molecular weight is 325 g/mol. The molecule has 2 aliphatic rings. The molecule has 0 amide bonds. The molecule has 0 bridgehead atoms. The fourth-order valence-electron chi connectivity index (χ4n) is 2.91. The van der Waals surface area contributed by atoms with Crippen LogP contribution in [0.3, 0.4) is 0 Å². The first kappa shape index (κ1) is 13.6. The zero-order valence-corrected chi connectivity index (χ0v) is 12.8. The first-order valence-corrected chi connectivity index (χ1v) is 7.91. The van der Waals surface area contributed by atoms with Gasteiger partial charge in [-0.15, -0.1) is 0 Å². The van der Waals surface area contributed by atoms with E-state index in [9.17, 15) is 0 Å². The summed E-state index contributed by atoms with van der Waals surface area (Å²) in [5.41, 5.74) is 2.80. The predicted molar refractivity (Wildman–Crippen MR) is 80.5 cm³/mol. The molecule has 0 aromatic heterocycles. The maximum Gasteiger partial charge on any atom is 0.0535 e. The quantitative estimate of drug-likeness (QED) is 0.923. The van der Waals surface area contributed by atoms with Crippen LogP contribution in [0.15, 0.2) is 22.7 Å². The van der Waals surface area contributed by atoms with Crippen LogP contribution in [0.4, 0.5) is 0 Å². The average Bonchev–Trinajstić information content (AvgIpc) is 2.94. The van der Waals surface area contributed by atoms with Crippen LogP contribution in [-0.2, 0) is 11.3 Å². The lowest BCUT2D eigenvalue weighted by atomic mass is 9.97. The zero-order chi connectivity index (χ0) is 13.1. The highest BCUT2D eigenvalue weighted by Gasteiger charge is 2.20. The molecule has 0 spiro atoms. The van der Waals surface area contributed by atoms with Crippen LogP contribution in [-0.4, -0.2) is 44.3 Å². The smallest absolute Gasteiger partial charge is 0.0535 e. The Labute approximate surface area is 123 Å².